The summed E-state index contributed by atoms with van der Waals surface area (Å²) in [4.78, 5) is 2.55. The number of fused-ring (bicyclic) bond motifs is 1. The lowest BCUT2D eigenvalue weighted by Gasteiger charge is -2.32. The van der Waals surface area contributed by atoms with Crippen molar-refractivity contribution in [1.29, 1.82) is 0 Å². The summed E-state index contributed by atoms with van der Waals surface area (Å²) < 4.78 is 0. The van der Waals surface area contributed by atoms with Gasteiger partial charge in [-0.2, -0.15) is 0 Å². The Hall–Kier alpha value is -0.860. The lowest BCUT2D eigenvalue weighted by molar-refractivity contribution is 0.107. The minimum absolute atomic E-state index is 0.212. The van der Waals surface area contributed by atoms with Gasteiger partial charge in [0.15, 0.2) is 0 Å². The van der Waals surface area contributed by atoms with Crippen LogP contribution in [0.25, 0.3) is 0 Å². The van der Waals surface area contributed by atoms with Gasteiger partial charge in [0, 0.05) is 6.04 Å². The molecule has 1 aromatic rings. The van der Waals surface area contributed by atoms with Crippen LogP contribution in [0.2, 0.25) is 0 Å². The maximum absolute atomic E-state index is 9.72. The Morgan fingerprint density at radius 1 is 1.18 bits per heavy atom. The van der Waals surface area contributed by atoms with Gasteiger partial charge < -0.3 is 5.11 Å². The third-order valence-corrected chi connectivity index (χ3v) is 4.56. The summed E-state index contributed by atoms with van der Waals surface area (Å²) in [7, 11) is 0. The van der Waals surface area contributed by atoms with E-state index in [1.54, 1.807) is 0 Å². The second kappa shape index (κ2) is 4.79. The second-order valence-electron chi connectivity index (χ2n) is 5.39. The number of aliphatic hydroxyl groups is 1. The molecule has 2 nitrogen and oxygen atoms in total. The quantitative estimate of drug-likeness (QED) is 0.864. The van der Waals surface area contributed by atoms with Gasteiger partial charge in [-0.1, -0.05) is 36.8 Å². The predicted molar refractivity (Wildman–Crippen MR) is 68.7 cm³/mol. The fourth-order valence-corrected chi connectivity index (χ4v) is 3.74. The van der Waals surface area contributed by atoms with Gasteiger partial charge in [-0.3, -0.25) is 4.90 Å². The molecule has 0 amide bonds. The van der Waals surface area contributed by atoms with Crippen LogP contribution in [-0.2, 0) is 0 Å². The van der Waals surface area contributed by atoms with Crippen molar-refractivity contribution in [3.8, 4) is 0 Å². The molecule has 1 saturated heterocycles. The first-order valence-electron chi connectivity index (χ1n) is 6.81. The van der Waals surface area contributed by atoms with Gasteiger partial charge in [0.1, 0.15) is 0 Å². The molecule has 3 rings (SSSR count). The maximum Gasteiger partial charge on any atom is 0.0628 e. The normalized spacial score (nSPS) is 30.4. The van der Waals surface area contributed by atoms with Crippen LogP contribution < -0.4 is 0 Å². The first-order chi connectivity index (χ1) is 8.40. The van der Waals surface area contributed by atoms with E-state index in [1.807, 2.05) is 6.07 Å². The second-order valence-corrected chi connectivity index (χ2v) is 5.39. The van der Waals surface area contributed by atoms with Crippen molar-refractivity contribution in [2.24, 2.45) is 5.92 Å². The zero-order valence-corrected chi connectivity index (χ0v) is 10.3. The van der Waals surface area contributed by atoms with E-state index in [1.165, 1.54) is 31.2 Å². The SMILES string of the molecule is OC[C@@H](c1ccccc1)N1CC[C@H]2CCC[C@H]21. The van der Waals surface area contributed by atoms with Gasteiger partial charge in [0.05, 0.1) is 12.6 Å². The van der Waals surface area contributed by atoms with Gasteiger partial charge in [0.2, 0.25) is 0 Å². The van der Waals surface area contributed by atoms with Crippen molar-refractivity contribution in [3.63, 3.8) is 0 Å². The number of rotatable bonds is 3. The molecule has 0 bridgehead atoms. The molecule has 1 heterocycles. The van der Waals surface area contributed by atoms with Gasteiger partial charge in [0.25, 0.3) is 0 Å². The molecule has 2 aliphatic rings. The van der Waals surface area contributed by atoms with Crippen LogP contribution in [0.3, 0.4) is 0 Å². The number of nitrogens with zero attached hydrogens (tertiary/aromatic N) is 1. The number of benzene rings is 1. The standard InChI is InChI=1S/C15H21NO/c17-11-15(12-5-2-1-3-6-12)16-10-9-13-7-4-8-14(13)16/h1-3,5-6,13-15,17H,4,7-11H2/t13-,14-,15+/m1/s1. The van der Waals surface area contributed by atoms with Crippen molar-refractivity contribution in [2.45, 2.75) is 37.8 Å². The first kappa shape index (κ1) is 11.2. The van der Waals surface area contributed by atoms with Crippen molar-refractivity contribution in [1.82, 2.24) is 4.90 Å². The molecule has 0 spiro atoms. The average Bonchev–Trinajstić information content (AvgIpc) is 2.96. The van der Waals surface area contributed by atoms with Crippen LogP contribution in [-0.4, -0.2) is 29.2 Å². The Labute approximate surface area is 103 Å². The van der Waals surface area contributed by atoms with E-state index >= 15 is 0 Å². The highest BCUT2D eigenvalue weighted by atomic mass is 16.3. The molecule has 0 aromatic heterocycles. The Morgan fingerprint density at radius 2 is 2.00 bits per heavy atom. The highest BCUT2D eigenvalue weighted by molar-refractivity contribution is 5.20. The third-order valence-electron chi connectivity index (χ3n) is 4.56. The summed E-state index contributed by atoms with van der Waals surface area (Å²) in [5.41, 5.74) is 1.27. The Kier molecular flexibility index (Phi) is 3.17. The van der Waals surface area contributed by atoms with Gasteiger partial charge in [-0.05, 0) is 37.3 Å². The fraction of sp³-hybridized carbons (Fsp3) is 0.600. The molecule has 3 atom stereocenters. The topological polar surface area (TPSA) is 23.5 Å². The minimum Gasteiger partial charge on any atom is -0.394 e. The highest BCUT2D eigenvalue weighted by Crippen LogP contribution is 2.41. The zero-order valence-electron chi connectivity index (χ0n) is 10.3. The largest absolute Gasteiger partial charge is 0.394 e. The fourth-order valence-electron chi connectivity index (χ4n) is 3.74. The molecule has 0 unspecified atom stereocenters. The van der Waals surface area contributed by atoms with E-state index < -0.39 is 0 Å². The highest BCUT2D eigenvalue weighted by Gasteiger charge is 2.40. The molecule has 92 valence electrons. The third kappa shape index (κ3) is 2.00. The smallest absolute Gasteiger partial charge is 0.0628 e. The van der Waals surface area contributed by atoms with E-state index in [9.17, 15) is 5.11 Å². The molecule has 1 N–H and O–H groups in total. The molecule has 1 aliphatic heterocycles. The Bertz CT molecular complexity index is 364. The lowest BCUT2D eigenvalue weighted by Crippen LogP contribution is -2.35. The number of hydrogen-bond acceptors (Lipinski definition) is 2. The molecular weight excluding hydrogens is 210 g/mol. The monoisotopic (exact) mass is 231 g/mol. The van der Waals surface area contributed by atoms with Crippen LogP contribution >= 0.6 is 0 Å². The first-order valence-corrected chi connectivity index (χ1v) is 6.81. The summed E-state index contributed by atoms with van der Waals surface area (Å²) in [5.74, 6) is 0.896. The number of aliphatic hydroxyl groups excluding tert-OH is 1. The predicted octanol–water partition coefficient (Wildman–Crippen LogP) is 2.59. The van der Waals surface area contributed by atoms with Gasteiger partial charge in [-0.25, -0.2) is 0 Å². The van der Waals surface area contributed by atoms with Crippen LogP contribution in [0.1, 0.15) is 37.3 Å². The lowest BCUT2D eigenvalue weighted by atomic mass is 10.0. The molecular formula is C15H21NO. The number of hydrogen-bond donors (Lipinski definition) is 1. The Morgan fingerprint density at radius 3 is 2.76 bits per heavy atom. The molecule has 1 saturated carbocycles. The van der Waals surface area contributed by atoms with Gasteiger partial charge in [-0.15, -0.1) is 0 Å². The van der Waals surface area contributed by atoms with E-state index in [0.717, 1.165) is 18.5 Å². The van der Waals surface area contributed by atoms with E-state index in [-0.39, 0.29) is 12.6 Å². The minimum atomic E-state index is 0.212. The van der Waals surface area contributed by atoms with Crippen LogP contribution in [0, 0.1) is 5.92 Å². The summed E-state index contributed by atoms with van der Waals surface area (Å²) >= 11 is 0. The van der Waals surface area contributed by atoms with E-state index in [4.69, 9.17) is 0 Å². The molecule has 1 aromatic carbocycles. The average molecular weight is 231 g/mol. The molecule has 17 heavy (non-hydrogen) atoms. The molecule has 0 radical (unpaired) electrons. The summed E-state index contributed by atoms with van der Waals surface area (Å²) in [6.07, 6.45) is 5.43. The van der Waals surface area contributed by atoms with Gasteiger partial charge >= 0.3 is 0 Å². The van der Waals surface area contributed by atoms with Crippen molar-refractivity contribution < 1.29 is 5.11 Å². The van der Waals surface area contributed by atoms with Crippen LogP contribution in [0.5, 0.6) is 0 Å². The molecule has 2 fully saturated rings. The Balaban J connectivity index is 1.82. The summed E-state index contributed by atoms with van der Waals surface area (Å²) in [6.45, 7) is 1.41. The molecule has 1 aliphatic carbocycles. The van der Waals surface area contributed by atoms with Crippen molar-refractivity contribution >= 4 is 0 Å². The van der Waals surface area contributed by atoms with E-state index in [0.29, 0.717) is 0 Å². The summed E-state index contributed by atoms with van der Waals surface area (Å²) in [5, 5.41) is 9.72. The summed E-state index contributed by atoms with van der Waals surface area (Å²) in [6, 6.07) is 11.4. The van der Waals surface area contributed by atoms with Crippen molar-refractivity contribution in [3.05, 3.63) is 35.9 Å². The number of likely N-dealkylation sites (tertiary alicyclic amines) is 1. The van der Waals surface area contributed by atoms with Crippen LogP contribution in [0.15, 0.2) is 30.3 Å². The van der Waals surface area contributed by atoms with Crippen LogP contribution in [0.4, 0.5) is 0 Å². The zero-order chi connectivity index (χ0) is 11.7. The van der Waals surface area contributed by atoms with E-state index in [2.05, 4.69) is 29.2 Å². The molecule has 2 heteroatoms. The maximum atomic E-state index is 9.72. The van der Waals surface area contributed by atoms with Crippen molar-refractivity contribution in [2.75, 3.05) is 13.2 Å².